The number of carbonyl (C=O) groups excluding carboxylic acids is 1. The summed E-state index contributed by atoms with van der Waals surface area (Å²) < 4.78 is 5.58. The molecule has 1 fully saturated rings. The van der Waals surface area contributed by atoms with Gasteiger partial charge in [-0.2, -0.15) is 0 Å². The number of ether oxygens (including phenoxy) is 1. The van der Waals surface area contributed by atoms with Crippen LogP contribution in [0.2, 0.25) is 0 Å². The van der Waals surface area contributed by atoms with Crippen LogP contribution in [0.5, 0.6) is 5.75 Å². The highest BCUT2D eigenvalue weighted by Gasteiger charge is 2.32. The van der Waals surface area contributed by atoms with Crippen LogP contribution in [0.4, 0.5) is 0 Å². The molecule has 0 radical (unpaired) electrons. The van der Waals surface area contributed by atoms with Crippen LogP contribution in [0.1, 0.15) is 47.6 Å². The topological polar surface area (TPSA) is 58.2 Å². The van der Waals surface area contributed by atoms with E-state index in [0.717, 1.165) is 47.6 Å². The fraction of sp³-hybridized carbons (Fsp3) is 0.333. The number of H-pyrrole nitrogens is 1. The molecule has 2 heterocycles. The molecule has 1 atom stereocenters. The van der Waals surface area contributed by atoms with E-state index in [4.69, 9.17) is 9.72 Å². The number of nitrogens with zero attached hydrogens (tertiary/aromatic N) is 2. The van der Waals surface area contributed by atoms with Crippen LogP contribution in [0.3, 0.4) is 0 Å². The number of carbonyl (C=O) groups is 1. The lowest BCUT2D eigenvalue weighted by Crippen LogP contribution is -2.31. The minimum Gasteiger partial charge on any atom is -0.494 e. The van der Waals surface area contributed by atoms with Gasteiger partial charge in [0.25, 0.3) is 5.91 Å². The number of rotatable bonds is 4. The largest absolute Gasteiger partial charge is 0.494 e. The average molecular weight is 349 g/mol. The van der Waals surface area contributed by atoms with Gasteiger partial charge in [0.15, 0.2) is 0 Å². The quantitative estimate of drug-likeness (QED) is 0.766. The lowest BCUT2D eigenvalue weighted by Gasteiger charge is -2.23. The average Bonchev–Trinajstić information content (AvgIpc) is 3.29. The molecule has 0 spiro atoms. The van der Waals surface area contributed by atoms with Gasteiger partial charge in [-0.25, -0.2) is 4.98 Å². The summed E-state index contributed by atoms with van der Waals surface area (Å²) in [5.41, 5.74) is 3.64. The molecule has 2 aromatic carbocycles. The van der Waals surface area contributed by atoms with Crippen molar-refractivity contribution in [3.63, 3.8) is 0 Å². The van der Waals surface area contributed by atoms with Gasteiger partial charge in [0.05, 0.1) is 23.7 Å². The van der Waals surface area contributed by atoms with Crippen molar-refractivity contribution in [2.45, 2.75) is 32.7 Å². The van der Waals surface area contributed by atoms with Crippen molar-refractivity contribution in [1.29, 1.82) is 0 Å². The molecule has 26 heavy (non-hydrogen) atoms. The Hall–Kier alpha value is -2.82. The van der Waals surface area contributed by atoms with Crippen molar-refractivity contribution in [2.75, 3.05) is 13.2 Å². The van der Waals surface area contributed by atoms with Crippen LogP contribution < -0.4 is 4.74 Å². The number of aryl methyl sites for hydroxylation is 1. The van der Waals surface area contributed by atoms with Crippen LogP contribution in [0.15, 0.2) is 42.5 Å². The second-order valence-corrected chi connectivity index (χ2v) is 6.71. The number of imidazole rings is 1. The third-order valence-electron chi connectivity index (χ3n) is 4.96. The molecule has 1 amide bonds. The smallest absolute Gasteiger partial charge is 0.254 e. The molecule has 0 aliphatic carbocycles. The molecule has 1 aliphatic rings. The fourth-order valence-corrected chi connectivity index (χ4v) is 3.69. The Bertz CT molecular complexity index is 914. The first-order valence-electron chi connectivity index (χ1n) is 9.16. The van der Waals surface area contributed by atoms with Crippen LogP contribution in [-0.4, -0.2) is 33.9 Å². The number of fused-ring (bicyclic) bond motifs is 1. The maximum Gasteiger partial charge on any atom is 0.254 e. The number of likely N-dealkylation sites (tertiary alicyclic amines) is 1. The van der Waals surface area contributed by atoms with Crippen LogP contribution in [0.25, 0.3) is 11.0 Å². The number of hydrogen-bond acceptors (Lipinski definition) is 3. The molecule has 1 aromatic heterocycles. The Balaban J connectivity index is 1.61. The highest BCUT2D eigenvalue weighted by Crippen LogP contribution is 2.33. The summed E-state index contributed by atoms with van der Waals surface area (Å²) >= 11 is 0. The minimum absolute atomic E-state index is 0.00164. The Morgan fingerprint density at radius 2 is 2.15 bits per heavy atom. The second-order valence-electron chi connectivity index (χ2n) is 6.71. The molecule has 1 aliphatic heterocycles. The predicted molar refractivity (Wildman–Crippen MR) is 101 cm³/mol. The molecule has 3 aromatic rings. The summed E-state index contributed by atoms with van der Waals surface area (Å²) in [6, 6.07) is 13.6. The van der Waals surface area contributed by atoms with Crippen molar-refractivity contribution in [1.82, 2.24) is 14.9 Å². The lowest BCUT2D eigenvalue weighted by atomic mass is 10.1. The summed E-state index contributed by atoms with van der Waals surface area (Å²) in [5.74, 6) is 1.76. The van der Waals surface area contributed by atoms with E-state index in [1.54, 1.807) is 0 Å². The molecule has 5 nitrogen and oxygen atoms in total. The van der Waals surface area contributed by atoms with E-state index in [9.17, 15) is 4.79 Å². The molecule has 4 rings (SSSR count). The zero-order valence-electron chi connectivity index (χ0n) is 15.2. The van der Waals surface area contributed by atoms with E-state index in [-0.39, 0.29) is 11.9 Å². The molecule has 1 N–H and O–H groups in total. The Labute approximate surface area is 153 Å². The first kappa shape index (κ1) is 16.6. The van der Waals surface area contributed by atoms with Crippen molar-refractivity contribution in [3.05, 3.63) is 59.4 Å². The van der Waals surface area contributed by atoms with Crippen molar-refractivity contribution < 1.29 is 9.53 Å². The number of para-hydroxylation sites is 2. The normalized spacial score (nSPS) is 17.0. The lowest BCUT2D eigenvalue weighted by molar-refractivity contribution is 0.0730. The molecule has 5 heteroatoms. The van der Waals surface area contributed by atoms with Crippen LogP contribution >= 0.6 is 0 Å². The van der Waals surface area contributed by atoms with Gasteiger partial charge in [-0.1, -0.05) is 12.1 Å². The molecular formula is C21H23N3O2. The number of aromatic nitrogens is 2. The van der Waals surface area contributed by atoms with Gasteiger partial charge in [-0.3, -0.25) is 4.79 Å². The molecular weight excluding hydrogens is 326 g/mol. The van der Waals surface area contributed by atoms with E-state index in [1.807, 2.05) is 61.2 Å². The zero-order valence-corrected chi connectivity index (χ0v) is 15.2. The summed E-state index contributed by atoms with van der Waals surface area (Å²) in [7, 11) is 0. The van der Waals surface area contributed by atoms with E-state index in [2.05, 4.69) is 4.98 Å². The maximum absolute atomic E-state index is 13.1. The first-order valence-corrected chi connectivity index (χ1v) is 9.16. The van der Waals surface area contributed by atoms with E-state index < -0.39 is 0 Å². The third kappa shape index (κ3) is 2.94. The monoisotopic (exact) mass is 349 g/mol. The predicted octanol–water partition coefficient (Wildman–Crippen LogP) is 4.25. The van der Waals surface area contributed by atoms with Crippen LogP contribution in [-0.2, 0) is 0 Å². The van der Waals surface area contributed by atoms with Gasteiger partial charge < -0.3 is 14.6 Å². The SMILES string of the molecule is CCOc1ccc(C(=O)N2CCCC2c2nc3ccccc3[nH]2)cc1C. The van der Waals surface area contributed by atoms with E-state index in [1.165, 1.54) is 0 Å². The zero-order chi connectivity index (χ0) is 18.1. The molecule has 1 unspecified atom stereocenters. The number of aromatic amines is 1. The Morgan fingerprint density at radius 1 is 1.31 bits per heavy atom. The van der Waals surface area contributed by atoms with E-state index >= 15 is 0 Å². The highest BCUT2D eigenvalue weighted by atomic mass is 16.5. The second kappa shape index (κ2) is 6.83. The number of benzene rings is 2. The number of hydrogen-bond donors (Lipinski definition) is 1. The van der Waals surface area contributed by atoms with Gasteiger partial charge in [0.2, 0.25) is 0 Å². The van der Waals surface area contributed by atoms with Crippen molar-refractivity contribution in [2.24, 2.45) is 0 Å². The Morgan fingerprint density at radius 3 is 2.92 bits per heavy atom. The van der Waals surface area contributed by atoms with E-state index in [0.29, 0.717) is 12.2 Å². The molecule has 0 bridgehead atoms. The summed E-state index contributed by atoms with van der Waals surface area (Å²) in [6.45, 7) is 5.31. The summed E-state index contributed by atoms with van der Waals surface area (Å²) in [5, 5.41) is 0. The van der Waals surface area contributed by atoms with Crippen molar-refractivity contribution >= 4 is 16.9 Å². The van der Waals surface area contributed by atoms with Crippen LogP contribution in [0, 0.1) is 6.92 Å². The summed E-state index contributed by atoms with van der Waals surface area (Å²) in [6.07, 6.45) is 1.92. The molecule has 0 saturated carbocycles. The highest BCUT2D eigenvalue weighted by molar-refractivity contribution is 5.95. The van der Waals surface area contributed by atoms with Gasteiger partial charge in [0.1, 0.15) is 11.6 Å². The fourth-order valence-electron chi connectivity index (χ4n) is 3.69. The third-order valence-corrected chi connectivity index (χ3v) is 4.96. The number of nitrogens with one attached hydrogen (secondary N) is 1. The number of amides is 1. The van der Waals surface area contributed by atoms with Gasteiger partial charge in [-0.05, 0) is 62.6 Å². The summed E-state index contributed by atoms with van der Waals surface area (Å²) in [4.78, 5) is 23.1. The maximum atomic E-state index is 13.1. The standard InChI is InChI=1S/C21H23N3O2/c1-3-26-19-11-10-15(13-14(19)2)21(25)24-12-6-9-18(24)20-22-16-7-4-5-8-17(16)23-20/h4-5,7-8,10-11,13,18H,3,6,9,12H2,1-2H3,(H,22,23). The van der Waals surface area contributed by atoms with Crippen molar-refractivity contribution in [3.8, 4) is 5.75 Å². The molecule has 134 valence electrons. The van der Waals surface area contributed by atoms with Gasteiger partial charge >= 0.3 is 0 Å². The molecule has 1 saturated heterocycles. The first-order chi connectivity index (χ1) is 12.7. The Kier molecular flexibility index (Phi) is 4.37. The van der Waals surface area contributed by atoms with Gasteiger partial charge in [-0.15, -0.1) is 0 Å². The van der Waals surface area contributed by atoms with Gasteiger partial charge in [0, 0.05) is 12.1 Å². The minimum atomic E-state index is 0.00164.